The highest BCUT2D eigenvalue weighted by molar-refractivity contribution is 6.05. The first kappa shape index (κ1) is 25.5. The van der Waals surface area contributed by atoms with E-state index in [-0.39, 0.29) is 23.5 Å². The van der Waals surface area contributed by atoms with Gasteiger partial charge in [-0.3, -0.25) is 9.59 Å². The molecular formula is C29H28N2O6. The smallest absolute Gasteiger partial charge is 0.328 e. The van der Waals surface area contributed by atoms with Gasteiger partial charge in [-0.1, -0.05) is 50.2 Å². The zero-order valence-corrected chi connectivity index (χ0v) is 21.0. The summed E-state index contributed by atoms with van der Waals surface area (Å²) in [6.07, 6.45) is 0. The number of anilines is 1. The molecule has 1 heterocycles. The van der Waals surface area contributed by atoms with E-state index >= 15 is 0 Å². The molecule has 0 spiro atoms. The molecule has 8 heteroatoms. The number of ether oxygens (including phenoxy) is 2. The summed E-state index contributed by atoms with van der Waals surface area (Å²) in [6, 6.07) is 20.8. The minimum Gasteiger partial charge on any atom is -0.493 e. The second kappa shape index (κ2) is 11.0. The van der Waals surface area contributed by atoms with Crippen LogP contribution in [0.5, 0.6) is 5.75 Å². The standard InChI is InChI=1S/C29H28N2O6/c1-17(2)25(29(34)36-4)31-27(32)20-10-8-18(9-11-20)19-12-14-22(15-13-19)30-28(33)24-16-21-6-5-7-23(35-3)26(21)37-24/h5-17,25H,1-4H3,(H,30,33)(H,31,32)/t25-/m0/s1. The number of rotatable bonds is 8. The molecule has 0 saturated carbocycles. The number of para-hydroxylation sites is 1. The van der Waals surface area contributed by atoms with Crippen LogP contribution in [0.4, 0.5) is 5.69 Å². The summed E-state index contributed by atoms with van der Waals surface area (Å²) in [5, 5.41) is 6.34. The Labute approximate surface area is 214 Å². The lowest BCUT2D eigenvalue weighted by Gasteiger charge is -2.19. The fourth-order valence-corrected chi connectivity index (χ4v) is 3.91. The van der Waals surface area contributed by atoms with Crippen molar-refractivity contribution in [2.45, 2.75) is 19.9 Å². The Balaban J connectivity index is 1.42. The molecule has 190 valence electrons. The summed E-state index contributed by atoms with van der Waals surface area (Å²) < 4.78 is 15.8. The second-order valence-electron chi connectivity index (χ2n) is 8.82. The maximum atomic E-state index is 12.7. The molecule has 0 unspecified atom stereocenters. The lowest BCUT2D eigenvalue weighted by molar-refractivity contribution is -0.144. The highest BCUT2D eigenvalue weighted by atomic mass is 16.5. The van der Waals surface area contributed by atoms with Crippen LogP contribution in [0, 0.1) is 5.92 Å². The summed E-state index contributed by atoms with van der Waals surface area (Å²) in [4.78, 5) is 37.2. The molecule has 2 N–H and O–H groups in total. The van der Waals surface area contributed by atoms with Crippen LogP contribution in [0.3, 0.4) is 0 Å². The molecule has 0 aliphatic rings. The lowest BCUT2D eigenvalue weighted by atomic mass is 10.0. The van der Waals surface area contributed by atoms with E-state index in [0.29, 0.717) is 22.6 Å². The average molecular weight is 501 g/mol. The molecule has 0 saturated heterocycles. The number of fused-ring (bicyclic) bond motifs is 1. The molecule has 0 aliphatic carbocycles. The topological polar surface area (TPSA) is 107 Å². The molecule has 3 aromatic carbocycles. The van der Waals surface area contributed by atoms with Crippen molar-refractivity contribution in [3.05, 3.63) is 84.1 Å². The van der Waals surface area contributed by atoms with Crippen LogP contribution in [0.25, 0.3) is 22.1 Å². The van der Waals surface area contributed by atoms with Crippen molar-refractivity contribution in [2.24, 2.45) is 5.92 Å². The Morgan fingerprint density at radius 1 is 0.838 bits per heavy atom. The van der Waals surface area contributed by atoms with Crippen molar-refractivity contribution in [1.82, 2.24) is 5.32 Å². The van der Waals surface area contributed by atoms with Crippen molar-refractivity contribution in [2.75, 3.05) is 19.5 Å². The number of esters is 1. The van der Waals surface area contributed by atoms with Gasteiger partial charge in [-0.15, -0.1) is 0 Å². The molecule has 0 fully saturated rings. The predicted molar refractivity (Wildman–Crippen MR) is 141 cm³/mol. The number of carbonyl (C=O) groups excluding carboxylic acids is 3. The number of carbonyl (C=O) groups is 3. The Morgan fingerprint density at radius 2 is 1.49 bits per heavy atom. The van der Waals surface area contributed by atoms with Gasteiger partial charge in [0.2, 0.25) is 0 Å². The predicted octanol–water partition coefficient (Wildman–Crippen LogP) is 5.29. The normalized spacial score (nSPS) is 11.7. The first-order valence-corrected chi connectivity index (χ1v) is 11.8. The summed E-state index contributed by atoms with van der Waals surface area (Å²) in [5.74, 6) is -0.557. The first-order chi connectivity index (χ1) is 17.8. The highest BCUT2D eigenvalue weighted by Crippen LogP contribution is 2.29. The van der Waals surface area contributed by atoms with E-state index in [1.54, 1.807) is 43.5 Å². The summed E-state index contributed by atoms with van der Waals surface area (Å²) >= 11 is 0. The molecule has 37 heavy (non-hydrogen) atoms. The molecule has 1 atom stereocenters. The fraction of sp³-hybridized carbons (Fsp3) is 0.207. The van der Waals surface area contributed by atoms with Gasteiger partial charge >= 0.3 is 5.97 Å². The number of hydrogen-bond donors (Lipinski definition) is 2. The highest BCUT2D eigenvalue weighted by Gasteiger charge is 2.25. The molecule has 0 bridgehead atoms. The molecule has 4 rings (SSSR count). The van der Waals surface area contributed by atoms with Crippen LogP contribution in [0.1, 0.15) is 34.8 Å². The fourth-order valence-electron chi connectivity index (χ4n) is 3.91. The SMILES string of the molecule is COC(=O)[C@@H](NC(=O)c1ccc(-c2ccc(NC(=O)c3cc4cccc(OC)c4o3)cc2)cc1)C(C)C. The van der Waals surface area contributed by atoms with Gasteiger partial charge in [0.1, 0.15) is 6.04 Å². The van der Waals surface area contributed by atoms with E-state index in [1.807, 2.05) is 50.2 Å². The summed E-state index contributed by atoms with van der Waals surface area (Å²) in [6.45, 7) is 3.68. The van der Waals surface area contributed by atoms with Crippen LogP contribution < -0.4 is 15.4 Å². The molecule has 0 aliphatic heterocycles. The Kier molecular flexibility index (Phi) is 7.57. The molecule has 2 amide bonds. The van der Waals surface area contributed by atoms with E-state index in [0.717, 1.165) is 16.5 Å². The maximum absolute atomic E-state index is 12.7. The third-order valence-corrected chi connectivity index (χ3v) is 5.98. The lowest BCUT2D eigenvalue weighted by Crippen LogP contribution is -2.45. The van der Waals surface area contributed by atoms with Gasteiger partial charge < -0.3 is 24.5 Å². The van der Waals surface area contributed by atoms with Crippen LogP contribution in [-0.4, -0.2) is 38.0 Å². The molecule has 1 aromatic heterocycles. The van der Waals surface area contributed by atoms with Crippen LogP contribution in [-0.2, 0) is 9.53 Å². The quantitative estimate of drug-likeness (QED) is 0.319. The number of furan rings is 1. The second-order valence-corrected chi connectivity index (χ2v) is 8.82. The van der Waals surface area contributed by atoms with Crippen molar-refractivity contribution >= 4 is 34.4 Å². The number of hydrogen-bond acceptors (Lipinski definition) is 6. The van der Waals surface area contributed by atoms with Crippen LogP contribution in [0.2, 0.25) is 0 Å². The molecule has 4 aromatic rings. The third kappa shape index (κ3) is 5.64. The molecule has 0 radical (unpaired) electrons. The number of nitrogens with one attached hydrogen (secondary N) is 2. The maximum Gasteiger partial charge on any atom is 0.328 e. The zero-order chi connectivity index (χ0) is 26.5. The zero-order valence-electron chi connectivity index (χ0n) is 21.0. The minimum absolute atomic E-state index is 0.107. The van der Waals surface area contributed by atoms with E-state index in [9.17, 15) is 14.4 Å². The van der Waals surface area contributed by atoms with E-state index in [1.165, 1.54) is 7.11 Å². The van der Waals surface area contributed by atoms with Gasteiger partial charge in [0, 0.05) is 16.6 Å². The third-order valence-electron chi connectivity index (χ3n) is 5.98. The summed E-state index contributed by atoms with van der Waals surface area (Å²) in [7, 11) is 2.85. The van der Waals surface area contributed by atoms with Gasteiger partial charge in [0.15, 0.2) is 17.1 Å². The van der Waals surface area contributed by atoms with Crippen molar-refractivity contribution in [3.8, 4) is 16.9 Å². The van der Waals surface area contributed by atoms with Crippen molar-refractivity contribution in [3.63, 3.8) is 0 Å². The van der Waals surface area contributed by atoms with E-state index in [2.05, 4.69) is 10.6 Å². The van der Waals surface area contributed by atoms with Crippen molar-refractivity contribution in [1.29, 1.82) is 0 Å². The Hall–Kier alpha value is -4.59. The number of benzene rings is 3. The van der Waals surface area contributed by atoms with Gasteiger partial charge in [-0.25, -0.2) is 4.79 Å². The van der Waals surface area contributed by atoms with Gasteiger partial charge in [-0.05, 0) is 53.4 Å². The molecular weight excluding hydrogens is 472 g/mol. The van der Waals surface area contributed by atoms with E-state index < -0.39 is 12.0 Å². The van der Waals surface area contributed by atoms with Crippen molar-refractivity contribution < 1.29 is 28.3 Å². The van der Waals surface area contributed by atoms with Crippen LogP contribution >= 0.6 is 0 Å². The largest absolute Gasteiger partial charge is 0.493 e. The molecule has 8 nitrogen and oxygen atoms in total. The number of methoxy groups -OCH3 is 2. The monoisotopic (exact) mass is 500 g/mol. The Bertz CT molecular complexity index is 1420. The minimum atomic E-state index is -0.721. The van der Waals surface area contributed by atoms with Gasteiger partial charge in [-0.2, -0.15) is 0 Å². The van der Waals surface area contributed by atoms with Gasteiger partial charge in [0.25, 0.3) is 11.8 Å². The average Bonchev–Trinajstić information content (AvgIpc) is 3.36. The van der Waals surface area contributed by atoms with Gasteiger partial charge in [0.05, 0.1) is 14.2 Å². The van der Waals surface area contributed by atoms with E-state index in [4.69, 9.17) is 13.9 Å². The number of amides is 2. The Morgan fingerprint density at radius 3 is 2.08 bits per heavy atom. The summed E-state index contributed by atoms with van der Waals surface area (Å²) in [5.41, 5.74) is 3.37. The first-order valence-electron chi connectivity index (χ1n) is 11.8. The van der Waals surface area contributed by atoms with Crippen LogP contribution in [0.15, 0.2) is 77.2 Å².